The Bertz CT molecular complexity index is 1780. The zero-order chi connectivity index (χ0) is 27.9. The van der Waals surface area contributed by atoms with E-state index < -0.39 is 16.0 Å². The lowest BCUT2D eigenvalue weighted by Crippen LogP contribution is -2.43. The van der Waals surface area contributed by atoms with Crippen LogP contribution in [-0.2, 0) is 19.6 Å². The predicted molar refractivity (Wildman–Crippen MR) is 158 cm³/mol. The minimum absolute atomic E-state index is 0.211. The van der Waals surface area contributed by atoms with Crippen molar-refractivity contribution >= 4 is 49.1 Å². The number of anilines is 1. The number of nitrogens with one attached hydrogen (secondary N) is 1. The number of cyclic esters (lactones) is 1. The molecule has 0 saturated carbocycles. The van der Waals surface area contributed by atoms with Crippen LogP contribution >= 0.6 is 0 Å². The van der Waals surface area contributed by atoms with Gasteiger partial charge < -0.3 is 14.5 Å². The highest BCUT2D eigenvalue weighted by molar-refractivity contribution is 7.89. The van der Waals surface area contributed by atoms with E-state index in [2.05, 4.69) is 9.71 Å². The monoisotopic (exact) mass is 554 g/mol. The molecule has 204 valence electrons. The standard InChI is InChI=1S/C31H30N4O4S/c1-34(2)28-14-6-12-25-24(28)11-7-15-29(25)40(37,38)33-22-16-18-35(19-17-22)20-27-31(36)39-30(32-27)26-13-5-9-21-8-3-4-10-23(21)26/h3-15,20,22,33H,16-19H2,1-2H3. The van der Waals surface area contributed by atoms with Crippen LogP contribution in [0.4, 0.5) is 5.69 Å². The van der Waals surface area contributed by atoms with Gasteiger partial charge in [0.2, 0.25) is 15.9 Å². The molecular weight excluding hydrogens is 524 g/mol. The van der Waals surface area contributed by atoms with Crippen molar-refractivity contribution in [3.05, 3.63) is 96.3 Å². The Morgan fingerprint density at radius 3 is 2.38 bits per heavy atom. The van der Waals surface area contributed by atoms with Gasteiger partial charge in [-0.3, -0.25) is 0 Å². The summed E-state index contributed by atoms with van der Waals surface area (Å²) < 4.78 is 35.3. The van der Waals surface area contributed by atoms with Crippen molar-refractivity contribution < 1.29 is 17.9 Å². The molecule has 4 aromatic rings. The topological polar surface area (TPSA) is 91.3 Å². The number of carbonyl (C=O) groups excluding carboxylic acids is 1. The van der Waals surface area contributed by atoms with Crippen LogP contribution < -0.4 is 9.62 Å². The normalized spacial score (nSPS) is 17.4. The lowest BCUT2D eigenvalue weighted by molar-refractivity contribution is -0.130. The summed E-state index contributed by atoms with van der Waals surface area (Å²) in [5, 5.41) is 3.60. The molecule has 0 bridgehead atoms. The van der Waals surface area contributed by atoms with Gasteiger partial charge in [-0.15, -0.1) is 0 Å². The van der Waals surface area contributed by atoms with Crippen LogP contribution in [0.3, 0.4) is 0 Å². The Kier molecular flexibility index (Phi) is 6.77. The summed E-state index contributed by atoms with van der Waals surface area (Å²) in [6.07, 6.45) is 2.93. The zero-order valence-electron chi connectivity index (χ0n) is 22.4. The molecule has 4 aromatic carbocycles. The summed E-state index contributed by atoms with van der Waals surface area (Å²) in [6.45, 7) is 1.17. The summed E-state index contributed by atoms with van der Waals surface area (Å²) in [5.74, 6) is -0.193. The summed E-state index contributed by atoms with van der Waals surface area (Å²) >= 11 is 0. The maximum Gasteiger partial charge on any atom is 0.365 e. The molecule has 2 heterocycles. The number of carbonyl (C=O) groups is 1. The molecule has 1 N–H and O–H groups in total. The molecule has 9 heteroatoms. The average molecular weight is 555 g/mol. The van der Waals surface area contributed by atoms with Gasteiger partial charge in [0.1, 0.15) is 0 Å². The van der Waals surface area contributed by atoms with E-state index in [9.17, 15) is 13.2 Å². The highest BCUT2D eigenvalue weighted by Crippen LogP contribution is 2.31. The number of likely N-dealkylation sites (tertiary alicyclic amines) is 1. The van der Waals surface area contributed by atoms with Gasteiger partial charge in [0.25, 0.3) is 0 Å². The fraction of sp³-hybridized carbons (Fsp3) is 0.226. The van der Waals surface area contributed by atoms with E-state index in [1.165, 1.54) is 0 Å². The van der Waals surface area contributed by atoms with E-state index in [1.807, 2.05) is 90.6 Å². The molecule has 1 saturated heterocycles. The summed E-state index contributed by atoms with van der Waals surface area (Å²) in [7, 11) is 0.154. The highest BCUT2D eigenvalue weighted by atomic mass is 32.2. The van der Waals surface area contributed by atoms with Crippen molar-refractivity contribution in [2.45, 2.75) is 23.8 Å². The van der Waals surface area contributed by atoms with Gasteiger partial charge in [0.15, 0.2) is 5.70 Å². The number of esters is 1. The number of hydrogen-bond donors (Lipinski definition) is 1. The first-order chi connectivity index (χ1) is 19.3. The van der Waals surface area contributed by atoms with E-state index in [0.717, 1.165) is 27.4 Å². The van der Waals surface area contributed by atoms with Gasteiger partial charge >= 0.3 is 5.97 Å². The van der Waals surface area contributed by atoms with E-state index in [0.29, 0.717) is 37.2 Å². The Labute approximate surface area is 233 Å². The molecule has 8 nitrogen and oxygen atoms in total. The molecule has 6 rings (SSSR count). The third-order valence-electron chi connectivity index (χ3n) is 7.43. The van der Waals surface area contributed by atoms with Gasteiger partial charge in [-0.1, -0.05) is 60.7 Å². The third kappa shape index (κ3) is 4.94. The van der Waals surface area contributed by atoms with Gasteiger partial charge in [0.05, 0.1) is 4.90 Å². The Morgan fingerprint density at radius 2 is 1.57 bits per heavy atom. The van der Waals surface area contributed by atoms with Crippen molar-refractivity contribution in [2.75, 3.05) is 32.1 Å². The number of benzene rings is 4. The quantitative estimate of drug-likeness (QED) is 0.276. The smallest absolute Gasteiger partial charge is 0.365 e. The van der Waals surface area contributed by atoms with Crippen molar-refractivity contribution in [3.63, 3.8) is 0 Å². The summed E-state index contributed by atoms with van der Waals surface area (Å²) in [5.41, 5.74) is 1.98. The number of ether oxygens (including phenoxy) is 1. The Balaban J connectivity index is 1.16. The second-order valence-corrected chi connectivity index (χ2v) is 12.0. The van der Waals surface area contributed by atoms with E-state index in [-0.39, 0.29) is 16.6 Å². The lowest BCUT2D eigenvalue weighted by atomic mass is 10.0. The van der Waals surface area contributed by atoms with Crippen molar-refractivity contribution in [3.8, 4) is 0 Å². The molecule has 0 spiro atoms. The van der Waals surface area contributed by atoms with Crippen LogP contribution in [0.2, 0.25) is 0 Å². The first-order valence-corrected chi connectivity index (χ1v) is 14.7. The Hall–Kier alpha value is -4.21. The van der Waals surface area contributed by atoms with Crippen LogP contribution in [0.25, 0.3) is 21.5 Å². The molecule has 0 unspecified atom stereocenters. The lowest BCUT2D eigenvalue weighted by Gasteiger charge is -2.31. The minimum atomic E-state index is -3.73. The second-order valence-electron chi connectivity index (χ2n) is 10.3. The predicted octanol–water partition coefficient (Wildman–Crippen LogP) is 4.65. The van der Waals surface area contributed by atoms with Gasteiger partial charge in [-0.2, -0.15) is 0 Å². The first-order valence-electron chi connectivity index (χ1n) is 13.3. The number of fused-ring (bicyclic) bond motifs is 2. The van der Waals surface area contributed by atoms with Crippen molar-refractivity contribution in [2.24, 2.45) is 4.99 Å². The van der Waals surface area contributed by atoms with Crippen LogP contribution in [0, 0.1) is 0 Å². The Morgan fingerprint density at radius 1 is 0.900 bits per heavy atom. The van der Waals surface area contributed by atoms with Gasteiger partial charge in [-0.05, 0) is 41.8 Å². The fourth-order valence-corrected chi connectivity index (χ4v) is 6.94. The molecule has 1 fully saturated rings. The summed E-state index contributed by atoms with van der Waals surface area (Å²) in [6, 6.07) is 24.6. The maximum absolute atomic E-state index is 13.4. The number of hydrogen-bond acceptors (Lipinski definition) is 7. The number of sulfonamides is 1. The van der Waals surface area contributed by atoms with Crippen LogP contribution in [-0.4, -0.2) is 58.4 Å². The molecule has 0 aliphatic carbocycles. The van der Waals surface area contributed by atoms with Crippen LogP contribution in [0.15, 0.2) is 101 Å². The molecule has 0 atom stereocenters. The number of piperidine rings is 1. The van der Waals surface area contributed by atoms with Crippen LogP contribution in [0.1, 0.15) is 18.4 Å². The maximum atomic E-state index is 13.4. The molecule has 40 heavy (non-hydrogen) atoms. The van der Waals surface area contributed by atoms with E-state index >= 15 is 0 Å². The second kappa shape index (κ2) is 10.4. The van der Waals surface area contributed by atoms with E-state index in [1.54, 1.807) is 18.3 Å². The zero-order valence-corrected chi connectivity index (χ0v) is 23.2. The molecule has 2 aliphatic heterocycles. The third-order valence-corrected chi connectivity index (χ3v) is 9.01. The first kappa shape index (κ1) is 26.0. The minimum Gasteiger partial charge on any atom is -0.402 e. The van der Waals surface area contributed by atoms with E-state index in [4.69, 9.17) is 4.74 Å². The molecule has 2 aliphatic rings. The number of nitrogens with zero attached hydrogens (tertiary/aromatic N) is 3. The molecule has 0 aromatic heterocycles. The van der Waals surface area contributed by atoms with Crippen LogP contribution in [0.5, 0.6) is 0 Å². The average Bonchev–Trinajstić information content (AvgIpc) is 3.32. The highest BCUT2D eigenvalue weighted by Gasteiger charge is 2.29. The molecule has 0 amide bonds. The SMILES string of the molecule is CN(C)c1cccc2c(S(=O)(=O)NC3CCN(C=C4N=C(c5cccc6ccccc56)OC4=O)CC3)cccc12. The molecular formula is C31H30N4O4S. The van der Waals surface area contributed by atoms with Crippen molar-refractivity contribution in [1.29, 1.82) is 0 Å². The largest absolute Gasteiger partial charge is 0.402 e. The van der Waals surface area contributed by atoms with Crippen molar-refractivity contribution in [1.82, 2.24) is 9.62 Å². The number of rotatable bonds is 6. The molecule has 0 radical (unpaired) electrons. The van der Waals surface area contributed by atoms with Gasteiger partial charge in [0, 0.05) is 61.4 Å². The summed E-state index contributed by atoms with van der Waals surface area (Å²) in [4.78, 5) is 21.4. The fourth-order valence-electron chi connectivity index (χ4n) is 5.42. The number of aliphatic imine (C=N–C) groups is 1. The van der Waals surface area contributed by atoms with Gasteiger partial charge in [-0.25, -0.2) is 22.9 Å².